The van der Waals surface area contributed by atoms with E-state index in [1.807, 2.05) is 6.08 Å². The Hall–Kier alpha value is -0.920. The van der Waals surface area contributed by atoms with E-state index in [1.54, 1.807) is 6.26 Å². The Labute approximate surface area is 61.5 Å². The Morgan fingerprint density at radius 1 is 1.40 bits per heavy atom. The highest BCUT2D eigenvalue weighted by Crippen LogP contribution is 2.14. The molecule has 0 aliphatic carbocycles. The molecule has 0 atom stereocenters. The van der Waals surface area contributed by atoms with Gasteiger partial charge in [-0.3, -0.25) is 0 Å². The number of hydrogen-bond acceptors (Lipinski definition) is 2. The molecule has 0 radical (unpaired) electrons. The van der Waals surface area contributed by atoms with E-state index in [-0.39, 0.29) is 0 Å². The van der Waals surface area contributed by atoms with Crippen LogP contribution in [0.1, 0.15) is 26.7 Å². The lowest BCUT2D eigenvalue weighted by molar-refractivity contribution is 0.154. The lowest BCUT2D eigenvalue weighted by atomic mass is 10.1. The summed E-state index contributed by atoms with van der Waals surface area (Å²) in [5.74, 6) is 0. The van der Waals surface area contributed by atoms with E-state index in [0.29, 0.717) is 0 Å². The third-order valence-corrected chi connectivity index (χ3v) is 1.64. The molecule has 10 heavy (non-hydrogen) atoms. The van der Waals surface area contributed by atoms with Gasteiger partial charge in [-0.1, -0.05) is 13.8 Å². The van der Waals surface area contributed by atoms with Crippen LogP contribution in [0.2, 0.25) is 0 Å². The van der Waals surface area contributed by atoms with Crippen LogP contribution < -0.4 is 5.48 Å². The van der Waals surface area contributed by atoms with Crippen molar-refractivity contribution in [1.29, 1.82) is 0 Å². The molecule has 0 aromatic carbocycles. The third-order valence-electron chi connectivity index (χ3n) is 1.64. The van der Waals surface area contributed by atoms with Gasteiger partial charge in [0.1, 0.15) is 6.26 Å². The standard InChI is InChI=1S/C8H13NO/c1-3-7-5-6-10-9-8(7)4-2/h5-6,9H,3-4H2,1-2H3. The minimum absolute atomic E-state index is 1.01. The molecule has 0 saturated heterocycles. The molecule has 1 aliphatic rings. The molecule has 0 saturated carbocycles. The highest BCUT2D eigenvalue weighted by molar-refractivity contribution is 5.24. The van der Waals surface area contributed by atoms with Crippen molar-refractivity contribution in [3.63, 3.8) is 0 Å². The maximum Gasteiger partial charge on any atom is 0.119 e. The van der Waals surface area contributed by atoms with E-state index in [1.165, 1.54) is 11.3 Å². The van der Waals surface area contributed by atoms with Crippen molar-refractivity contribution in [1.82, 2.24) is 5.48 Å². The van der Waals surface area contributed by atoms with Crippen LogP contribution in [-0.4, -0.2) is 0 Å². The number of rotatable bonds is 2. The quantitative estimate of drug-likeness (QED) is 0.632. The van der Waals surface area contributed by atoms with Gasteiger partial charge in [0.05, 0.1) is 5.70 Å². The van der Waals surface area contributed by atoms with Crippen molar-refractivity contribution in [2.45, 2.75) is 26.7 Å². The molecule has 0 fully saturated rings. The molecular formula is C8H13NO. The van der Waals surface area contributed by atoms with Crippen molar-refractivity contribution < 1.29 is 4.84 Å². The Morgan fingerprint density at radius 3 is 2.70 bits per heavy atom. The van der Waals surface area contributed by atoms with E-state index >= 15 is 0 Å². The van der Waals surface area contributed by atoms with Gasteiger partial charge in [-0.2, -0.15) is 0 Å². The largest absolute Gasteiger partial charge is 0.390 e. The molecule has 2 nitrogen and oxygen atoms in total. The normalized spacial score (nSPS) is 16.6. The van der Waals surface area contributed by atoms with Crippen LogP contribution in [0.25, 0.3) is 0 Å². The van der Waals surface area contributed by atoms with Gasteiger partial charge < -0.3 is 4.84 Å². The monoisotopic (exact) mass is 139 g/mol. The second-order valence-corrected chi connectivity index (χ2v) is 2.23. The van der Waals surface area contributed by atoms with Gasteiger partial charge in [0.15, 0.2) is 0 Å². The number of nitrogens with one attached hydrogen (secondary N) is 1. The van der Waals surface area contributed by atoms with Crippen LogP contribution in [-0.2, 0) is 4.84 Å². The topological polar surface area (TPSA) is 21.3 Å². The van der Waals surface area contributed by atoms with Crippen LogP contribution in [0.4, 0.5) is 0 Å². The molecule has 0 spiro atoms. The molecule has 2 heteroatoms. The fourth-order valence-electron chi connectivity index (χ4n) is 1.02. The third kappa shape index (κ3) is 1.32. The molecule has 0 unspecified atom stereocenters. The Kier molecular flexibility index (Phi) is 2.37. The van der Waals surface area contributed by atoms with Gasteiger partial charge in [-0.25, -0.2) is 5.48 Å². The number of allylic oxidation sites excluding steroid dienone is 3. The minimum Gasteiger partial charge on any atom is -0.390 e. The summed E-state index contributed by atoms with van der Waals surface area (Å²) in [5.41, 5.74) is 5.40. The SMILES string of the molecule is CCC1=C(CC)NOC=C1. The summed E-state index contributed by atoms with van der Waals surface area (Å²) in [6, 6.07) is 0. The van der Waals surface area contributed by atoms with Crippen LogP contribution in [0.15, 0.2) is 23.6 Å². The Balaban J connectivity index is 2.73. The molecule has 0 bridgehead atoms. The zero-order chi connectivity index (χ0) is 7.40. The predicted molar refractivity (Wildman–Crippen MR) is 41.0 cm³/mol. The highest BCUT2D eigenvalue weighted by atomic mass is 16.6. The lowest BCUT2D eigenvalue weighted by Gasteiger charge is -2.15. The van der Waals surface area contributed by atoms with E-state index in [2.05, 4.69) is 19.3 Å². The average molecular weight is 139 g/mol. The summed E-state index contributed by atoms with van der Waals surface area (Å²) in [6.45, 7) is 4.25. The maximum atomic E-state index is 4.92. The summed E-state index contributed by atoms with van der Waals surface area (Å²) in [5, 5.41) is 0. The first-order chi connectivity index (χ1) is 4.88. The first kappa shape index (κ1) is 7.19. The second-order valence-electron chi connectivity index (χ2n) is 2.23. The number of hydrogen-bond donors (Lipinski definition) is 1. The molecular weight excluding hydrogens is 126 g/mol. The zero-order valence-corrected chi connectivity index (χ0v) is 6.48. The maximum absolute atomic E-state index is 4.92. The molecule has 0 amide bonds. The van der Waals surface area contributed by atoms with Gasteiger partial charge in [-0.15, -0.1) is 0 Å². The Morgan fingerprint density at radius 2 is 2.20 bits per heavy atom. The molecule has 0 aromatic heterocycles. The first-order valence-electron chi connectivity index (χ1n) is 3.68. The van der Waals surface area contributed by atoms with Crippen molar-refractivity contribution in [2.24, 2.45) is 0 Å². The molecule has 1 aliphatic heterocycles. The van der Waals surface area contributed by atoms with Gasteiger partial charge in [0.2, 0.25) is 0 Å². The van der Waals surface area contributed by atoms with Crippen LogP contribution >= 0.6 is 0 Å². The predicted octanol–water partition coefficient (Wildman–Crippen LogP) is 2.11. The summed E-state index contributed by atoms with van der Waals surface area (Å²) >= 11 is 0. The first-order valence-corrected chi connectivity index (χ1v) is 3.68. The van der Waals surface area contributed by atoms with Gasteiger partial charge in [-0.05, 0) is 24.5 Å². The van der Waals surface area contributed by atoms with Crippen molar-refractivity contribution in [2.75, 3.05) is 0 Å². The average Bonchev–Trinajstić information content (AvgIpc) is 2.04. The fourth-order valence-corrected chi connectivity index (χ4v) is 1.02. The summed E-state index contributed by atoms with van der Waals surface area (Å²) in [4.78, 5) is 4.92. The minimum atomic E-state index is 1.01. The van der Waals surface area contributed by atoms with Gasteiger partial charge in [0, 0.05) is 0 Å². The second kappa shape index (κ2) is 3.30. The van der Waals surface area contributed by atoms with E-state index in [4.69, 9.17) is 4.84 Å². The van der Waals surface area contributed by atoms with Gasteiger partial charge in [0.25, 0.3) is 0 Å². The van der Waals surface area contributed by atoms with E-state index in [0.717, 1.165) is 12.8 Å². The molecule has 1 rings (SSSR count). The van der Waals surface area contributed by atoms with Crippen LogP contribution in [0, 0.1) is 0 Å². The van der Waals surface area contributed by atoms with E-state index in [9.17, 15) is 0 Å². The van der Waals surface area contributed by atoms with E-state index < -0.39 is 0 Å². The van der Waals surface area contributed by atoms with Crippen molar-refractivity contribution in [3.8, 4) is 0 Å². The molecule has 56 valence electrons. The fraction of sp³-hybridized carbons (Fsp3) is 0.500. The van der Waals surface area contributed by atoms with Crippen molar-refractivity contribution in [3.05, 3.63) is 23.6 Å². The molecule has 0 aromatic rings. The lowest BCUT2D eigenvalue weighted by Crippen LogP contribution is -2.15. The van der Waals surface area contributed by atoms with Crippen LogP contribution in [0.3, 0.4) is 0 Å². The Bertz CT molecular complexity index is 170. The molecule has 1 N–H and O–H groups in total. The summed E-state index contributed by atoms with van der Waals surface area (Å²) in [7, 11) is 0. The van der Waals surface area contributed by atoms with Crippen LogP contribution in [0.5, 0.6) is 0 Å². The highest BCUT2D eigenvalue weighted by Gasteiger charge is 2.03. The van der Waals surface area contributed by atoms with Gasteiger partial charge >= 0.3 is 0 Å². The van der Waals surface area contributed by atoms with Crippen molar-refractivity contribution >= 4 is 0 Å². The molecule has 1 heterocycles. The smallest absolute Gasteiger partial charge is 0.119 e. The zero-order valence-electron chi connectivity index (χ0n) is 6.48. The number of hydroxylamine groups is 1. The summed E-state index contributed by atoms with van der Waals surface area (Å²) < 4.78 is 0. The summed E-state index contributed by atoms with van der Waals surface area (Å²) in [6.07, 6.45) is 5.76.